The Morgan fingerprint density at radius 2 is 1.89 bits per heavy atom. The van der Waals surface area contributed by atoms with Crippen LogP contribution in [-0.2, 0) is 9.53 Å². The smallest absolute Gasteiger partial charge is 0.395 e. The molecule has 2 aromatic rings. The molecule has 0 saturated carbocycles. The van der Waals surface area contributed by atoms with Gasteiger partial charge in [-0.3, -0.25) is 4.79 Å². The molecule has 3 heterocycles. The average Bonchev–Trinajstić information content (AvgIpc) is 2.95. The van der Waals surface area contributed by atoms with Gasteiger partial charge in [0.1, 0.15) is 5.82 Å². The van der Waals surface area contributed by atoms with E-state index in [0.717, 1.165) is 0 Å². The van der Waals surface area contributed by atoms with Gasteiger partial charge < -0.3 is 19.5 Å². The second kappa shape index (κ2) is 6.94. The third-order valence-corrected chi connectivity index (χ3v) is 4.72. The Bertz CT molecular complexity index is 870. The number of pyridine rings is 1. The third-order valence-electron chi connectivity index (χ3n) is 4.41. The van der Waals surface area contributed by atoms with Gasteiger partial charge in [0.15, 0.2) is 11.5 Å². The number of ether oxygens (including phenoxy) is 3. The van der Waals surface area contributed by atoms with Crippen LogP contribution >= 0.6 is 11.6 Å². The molecule has 4 rings (SSSR count). The van der Waals surface area contributed by atoms with Gasteiger partial charge in [0, 0.05) is 42.5 Å². The van der Waals surface area contributed by atoms with Crippen molar-refractivity contribution < 1.29 is 27.8 Å². The summed E-state index contributed by atoms with van der Waals surface area (Å²) >= 11 is 6.17. The highest BCUT2D eigenvalue weighted by molar-refractivity contribution is 6.33. The van der Waals surface area contributed by atoms with Crippen molar-refractivity contribution in [3.8, 4) is 22.6 Å². The highest BCUT2D eigenvalue weighted by atomic mass is 35.5. The minimum Gasteiger partial charge on any atom is -0.395 e. The molecule has 2 aliphatic heterocycles. The molecule has 1 aromatic heterocycles. The van der Waals surface area contributed by atoms with E-state index in [4.69, 9.17) is 16.3 Å². The van der Waals surface area contributed by atoms with Crippen LogP contribution in [0.4, 0.5) is 14.6 Å². The van der Waals surface area contributed by atoms with Crippen molar-refractivity contribution in [2.24, 2.45) is 5.92 Å². The molecule has 1 amide bonds. The Morgan fingerprint density at radius 1 is 1.19 bits per heavy atom. The van der Waals surface area contributed by atoms with Gasteiger partial charge in [-0.1, -0.05) is 11.6 Å². The van der Waals surface area contributed by atoms with Gasteiger partial charge >= 0.3 is 6.29 Å². The molecule has 9 heteroatoms. The van der Waals surface area contributed by atoms with Gasteiger partial charge in [-0.05, 0) is 31.0 Å². The molecule has 1 aromatic carbocycles. The molecule has 1 fully saturated rings. The number of carbonyl (C=O) groups is 1. The van der Waals surface area contributed by atoms with Gasteiger partial charge in [0.2, 0.25) is 5.91 Å². The van der Waals surface area contributed by atoms with E-state index in [0.29, 0.717) is 43.0 Å². The number of benzene rings is 1. The lowest BCUT2D eigenvalue weighted by Gasteiger charge is -2.20. The maximum Gasteiger partial charge on any atom is 0.586 e. The van der Waals surface area contributed by atoms with E-state index in [9.17, 15) is 13.6 Å². The SMILES string of the molecule is O=C(Nc1ccc(-c2cc3c(cc2Cl)OC(F)(F)O3)cn1)C1CCOCC1. The van der Waals surface area contributed by atoms with E-state index in [1.807, 2.05) is 0 Å². The van der Waals surface area contributed by atoms with Crippen molar-refractivity contribution in [2.45, 2.75) is 19.1 Å². The number of hydrogen-bond donors (Lipinski definition) is 1. The normalized spacial score (nSPS) is 18.3. The van der Waals surface area contributed by atoms with E-state index in [2.05, 4.69) is 19.8 Å². The monoisotopic (exact) mass is 396 g/mol. The quantitative estimate of drug-likeness (QED) is 0.846. The summed E-state index contributed by atoms with van der Waals surface area (Å²) in [6.45, 7) is 1.15. The fraction of sp³-hybridized carbons (Fsp3) is 0.333. The van der Waals surface area contributed by atoms with Crippen LogP contribution in [0.1, 0.15) is 12.8 Å². The standard InChI is InChI=1S/C18H15ClF2N2O4/c19-13-8-15-14(26-18(20,21)27-15)7-12(13)11-1-2-16(22-9-11)23-17(24)10-3-5-25-6-4-10/h1-2,7-10H,3-6H2,(H,22,23,24). The van der Waals surface area contributed by atoms with Crippen molar-refractivity contribution >= 4 is 23.3 Å². The largest absolute Gasteiger partial charge is 0.586 e. The number of amides is 1. The summed E-state index contributed by atoms with van der Waals surface area (Å²) in [7, 11) is 0. The first-order valence-electron chi connectivity index (χ1n) is 8.36. The number of nitrogens with zero attached hydrogens (tertiary/aromatic N) is 1. The topological polar surface area (TPSA) is 69.7 Å². The molecule has 0 atom stereocenters. The number of halogens is 3. The maximum absolute atomic E-state index is 13.2. The molecule has 2 aliphatic rings. The van der Waals surface area contributed by atoms with Crippen LogP contribution in [0.15, 0.2) is 30.5 Å². The summed E-state index contributed by atoms with van der Waals surface area (Å²) in [5.41, 5.74) is 1.05. The summed E-state index contributed by atoms with van der Waals surface area (Å²) in [4.78, 5) is 16.4. The molecule has 1 N–H and O–H groups in total. The molecule has 0 bridgehead atoms. The average molecular weight is 397 g/mol. The van der Waals surface area contributed by atoms with Crippen LogP contribution < -0.4 is 14.8 Å². The molecule has 27 heavy (non-hydrogen) atoms. The number of aromatic nitrogens is 1. The lowest BCUT2D eigenvalue weighted by molar-refractivity contribution is -0.286. The van der Waals surface area contributed by atoms with E-state index in [1.165, 1.54) is 18.3 Å². The highest BCUT2D eigenvalue weighted by Crippen LogP contribution is 2.46. The molecular weight excluding hydrogens is 382 g/mol. The number of fused-ring (bicyclic) bond motifs is 1. The predicted molar refractivity (Wildman–Crippen MR) is 93.1 cm³/mol. The minimum atomic E-state index is -3.71. The fourth-order valence-corrected chi connectivity index (χ4v) is 3.27. The number of alkyl halides is 2. The first-order chi connectivity index (χ1) is 12.9. The minimum absolute atomic E-state index is 0.0924. The summed E-state index contributed by atoms with van der Waals surface area (Å²) in [6, 6.07) is 5.96. The lowest BCUT2D eigenvalue weighted by Crippen LogP contribution is -2.28. The molecule has 0 spiro atoms. The predicted octanol–water partition coefficient (Wildman–Crippen LogP) is 4.09. The van der Waals surface area contributed by atoms with Crippen LogP contribution in [0, 0.1) is 5.92 Å². The first kappa shape index (κ1) is 17.9. The second-order valence-electron chi connectivity index (χ2n) is 6.25. The number of rotatable bonds is 3. The zero-order valence-corrected chi connectivity index (χ0v) is 14.8. The van der Waals surface area contributed by atoms with Gasteiger partial charge in [0.25, 0.3) is 0 Å². The number of carbonyl (C=O) groups excluding carboxylic acids is 1. The Labute approximate surface area is 158 Å². The maximum atomic E-state index is 13.2. The van der Waals surface area contributed by atoms with Gasteiger partial charge in [-0.25, -0.2) is 4.98 Å². The van der Waals surface area contributed by atoms with E-state index < -0.39 is 6.29 Å². The van der Waals surface area contributed by atoms with Crippen molar-refractivity contribution in [3.05, 3.63) is 35.5 Å². The molecule has 6 nitrogen and oxygen atoms in total. The zero-order chi connectivity index (χ0) is 19.0. The molecule has 142 valence electrons. The molecule has 0 aliphatic carbocycles. The third kappa shape index (κ3) is 3.81. The number of anilines is 1. The molecule has 1 saturated heterocycles. The van der Waals surface area contributed by atoms with E-state index >= 15 is 0 Å². The second-order valence-corrected chi connectivity index (χ2v) is 6.66. The van der Waals surface area contributed by atoms with E-state index in [-0.39, 0.29) is 28.3 Å². The fourth-order valence-electron chi connectivity index (χ4n) is 3.01. The summed E-state index contributed by atoms with van der Waals surface area (Å²) < 4.78 is 40.4. The van der Waals surface area contributed by atoms with Gasteiger partial charge in [-0.15, -0.1) is 8.78 Å². The van der Waals surface area contributed by atoms with Crippen LogP contribution in [0.3, 0.4) is 0 Å². The lowest BCUT2D eigenvalue weighted by atomic mass is 9.99. The Balaban J connectivity index is 1.50. The van der Waals surface area contributed by atoms with E-state index in [1.54, 1.807) is 12.1 Å². The van der Waals surface area contributed by atoms with Crippen LogP contribution in [-0.4, -0.2) is 30.4 Å². The zero-order valence-electron chi connectivity index (χ0n) is 14.0. The summed E-state index contributed by atoms with van der Waals surface area (Å²) in [5.74, 6) is -0.0101. The van der Waals surface area contributed by atoms with Gasteiger partial charge in [-0.2, -0.15) is 0 Å². The molecule has 0 unspecified atom stereocenters. The van der Waals surface area contributed by atoms with Crippen molar-refractivity contribution in [1.29, 1.82) is 0 Å². The Kier molecular flexibility index (Phi) is 4.61. The van der Waals surface area contributed by atoms with Crippen molar-refractivity contribution in [2.75, 3.05) is 18.5 Å². The number of hydrogen-bond acceptors (Lipinski definition) is 5. The summed E-state index contributed by atoms with van der Waals surface area (Å²) in [5, 5.41) is 2.99. The van der Waals surface area contributed by atoms with Crippen molar-refractivity contribution in [3.63, 3.8) is 0 Å². The van der Waals surface area contributed by atoms with Crippen LogP contribution in [0.5, 0.6) is 11.5 Å². The Hall–Kier alpha value is -2.45. The number of nitrogens with one attached hydrogen (secondary N) is 1. The first-order valence-corrected chi connectivity index (χ1v) is 8.73. The molecular formula is C18H15ClF2N2O4. The highest BCUT2D eigenvalue weighted by Gasteiger charge is 2.43. The van der Waals surface area contributed by atoms with Crippen LogP contribution in [0.25, 0.3) is 11.1 Å². The van der Waals surface area contributed by atoms with Crippen molar-refractivity contribution in [1.82, 2.24) is 4.98 Å². The van der Waals surface area contributed by atoms with Crippen LogP contribution in [0.2, 0.25) is 5.02 Å². The molecule has 0 radical (unpaired) electrons. The summed E-state index contributed by atoms with van der Waals surface area (Å²) in [6.07, 6.45) is -0.843. The van der Waals surface area contributed by atoms with Gasteiger partial charge in [0.05, 0.1) is 5.02 Å². The Morgan fingerprint density at radius 3 is 2.56 bits per heavy atom.